The molecule has 0 atom stereocenters. The number of benzene rings is 1. The van der Waals surface area contributed by atoms with Gasteiger partial charge in [0.15, 0.2) is 0 Å². The predicted molar refractivity (Wildman–Crippen MR) is 111 cm³/mol. The summed E-state index contributed by atoms with van der Waals surface area (Å²) in [6.45, 7) is 5.62. The minimum Gasteiger partial charge on any atom is -0.462 e. The summed E-state index contributed by atoms with van der Waals surface area (Å²) in [5, 5.41) is 2.86. The van der Waals surface area contributed by atoms with Crippen molar-refractivity contribution in [2.24, 2.45) is 0 Å². The average molecular weight is 396 g/mol. The molecule has 0 saturated heterocycles. The number of esters is 1. The van der Waals surface area contributed by atoms with Gasteiger partial charge in [-0.3, -0.25) is 9.59 Å². The molecule has 0 radical (unpaired) electrons. The molecule has 1 aliphatic carbocycles. The van der Waals surface area contributed by atoms with Gasteiger partial charge in [-0.25, -0.2) is 4.79 Å². The molecule has 0 bridgehead atoms. The molecule has 3 rings (SSSR count). The van der Waals surface area contributed by atoms with E-state index in [2.05, 4.69) is 10.3 Å². The Bertz CT molecular complexity index is 906. The smallest absolute Gasteiger partial charge is 0.340 e. The zero-order valence-corrected chi connectivity index (χ0v) is 17.3. The summed E-state index contributed by atoms with van der Waals surface area (Å²) in [6.07, 6.45) is 5.06. The third kappa shape index (κ3) is 4.58. The molecule has 6 heteroatoms. The Morgan fingerprint density at radius 1 is 1.07 bits per heavy atom. The zero-order valence-electron chi connectivity index (χ0n) is 17.3. The number of amides is 1. The molecule has 1 saturated carbocycles. The first-order valence-corrected chi connectivity index (χ1v) is 10.2. The van der Waals surface area contributed by atoms with Crippen LogP contribution < -0.4 is 5.32 Å². The first kappa shape index (κ1) is 20.8. The van der Waals surface area contributed by atoms with Crippen molar-refractivity contribution >= 4 is 17.7 Å². The Labute approximate surface area is 171 Å². The van der Waals surface area contributed by atoms with E-state index in [0.29, 0.717) is 22.4 Å². The molecule has 1 aromatic heterocycles. The molecule has 1 aliphatic rings. The number of carbonyl (C=O) groups is 3. The number of H-pyrrole nitrogens is 1. The summed E-state index contributed by atoms with van der Waals surface area (Å²) in [5.41, 5.74) is 3.10. The van der Waals surface area contributed by atoms with Crippen LogP contribution in [0.25, 0.3) is 11.1 Å². The van der Waals surface area contributed by atoms with E-state index in [1.54, 1.807) is 13.8 Å². The Kier molecular flexibility index (Phi) is 6.52. The van der Waals surface area contributed by atoms with Gasteiger partial charge in [-0.05, 0) is 39.2 Å². The van der Waals surface area contributed by atoms with Crippen molar-refractivity contribution < 1.29 is 19.1 Å². The van der Waals surface area contributed by atoms with Crippen molar-refractivity contribution in [3.05, 3.63) is 46.8 Å². The summed E-state index contributed by atoms with van der Waals surface area (Å²) >= 11 is 0. The molecule has 154 valence electrons. The van der Waals surface area contributed by atoms with E-state index in [-0.39, 0.29) is 18.3 Å². The van der Waals surface area contributed by atoms with Gasteiger partial charge in [0.25, 0.3) is 11.7 Å². The van der Waals surface area contributed by atoms with E-state index in [9.17, 15) is 14.4 Å². The van der Waals surface area contributed by atoms with E-state index >= 15 is 0 Å². The van der Waals surface area contributed by atoms with Gasteiger partial charge in [0.2, 0.25) is 0 Å². The second-order valence-electron chi connectivity index (χ2n) is 7.60. The molecule has 1 amide bonds. The standard InChI is InChI=1S/C23H28N2O4/c1-4-29-23(28)18-15(3)24-20(19(18)16-12-10-14(2)11-13-16)21(26)22(27)25-17-8-6-5-7-9-17/h10-13,17,24H,4-9H2,1-3H3,(H,25,27). The van der Waals surface area contributed by atoms with Crippen LogP contribution in [0.3, 0.4) is 0 Å². The number of ketones is 1. The lowest BCUT2D eigenvalue weighted by Crippen LogP contribution is -2.40. The first-order chi connectivity index (χ1) is 13.9. The van der Waals surface area contributed by atoms with Crippen LogP contribution in [0.5, 0.6) is 0 Å². The van der Waals surface area contributed by atoms with Crippen molar-refractivity contribution in [2.45, 2.75) is 58.9 Å². The van der Waals surface area contributed by atoms with Crippen LogP contribution in [0.1, 0.15) is 71.1 Å². The van der Waals surface area contributed by atoms with Crippen molar-refractivity contribution in [3.8, 4) is 11.1 Å². The normalized spacial score (nSPS) is 14.4. The topological polar surface area (TPSA) is 88.3 Å². The van der Waals surface area contributed by atoms with E-state index in [1.165, 1.54) is 0 Å². The number of hydrogen-bond donors (Lipinski definition) is 2. The fourth-order valence-electron chi connectivity index (χ4n) is 3.87. The highest BCUT2D eigenvalue weighted by Crippen LogP contribution is 2.32. The average Bonchev–Trinajstić information content (AvgIpc) is 3.06. The fraction of sp³-hybridized carbons (Fsp3) is 0.435. The van der Waals surface area contributed by atoms with E-state index in [0.717, 1.165) is 37.7 Å². The molecule has 0 aliphatic heterocycles. The highest BCUT2D eigenvalue weighted by molar-refractivity contribution is 6.44. The number of Topliss-reactive ketones (excluding diaryl/α,β-unsaturated/α-hetero) is 1. The molecule has 29 heavy (non-hydrogen) atoms. The van der Waals surface area contributed by atoms with Gasteiger partial charge in [0.05, 0.1) is 12.2 Å². The molecule has 2 aromatic rings. The summed E-state index contributed by atoms with van der Waals surface area (Å²) in [5.74, 6) is -1.81. The minimum atomic E-state index is -0.662. The van der Waals surface area contributed by atoms with Gasteiger partial charge >= 0.3 is 5.97 Å². The number of aryl methyl sites for hydroxylation is 2. The molecule has 1 heterocycles. The van der Waals surface area contributed by atoms with Gasteiger partial charge in [-0.2, -0.15) is 0 Å². The number of carbonyl (C=O) groups excluding carboxylic acids is 3. The number of aromatic amines is 1. The second-order valence-corrected chi connectivity index (χ2v) is 7.60. The lowest BCUT2D eigenvalue weighted by atomic mass is 9.95. The lowest BCUT2D eigenvalue weighted by molar-refractivity contribution is -0.117. The van der Waals surface area contributed by atoms with Crippen molar-refractivity contribution in [1.29, 1.82) is 0 Å². The van der Waals surface area contributed by atoms with Crippen molar-refractivity contribution in [1.82, 2.24) is 10.3 Å². The Morgan fingerprint density at radius 3 is 2.34 bits per heavy atom. The molecule has 6 nitrogen and oxygen atoms in total. The molecule has 1 aromatic carbocycles. The Hall–Kier alpha value is -2.89. The largest absolute Gasteiger partial charge is 0.462 e. The van der Waals surface area contributed by atoms with Crippen molar-refractivity contribution in [2.75, 3.05) is 6.61 Å². The SMILES string of the molecule is CCOC(=O)c1c(C)[nH]c(C(=O)C(=O)NC2CCCCC2)c1-c1ccc(C)cc1. The zero-order chi connectivity index (χ0) is 21.0. The Morgan fingerprint density at radius 2 is 1.72 bits per heavy atom. The highest BCUT2D eigenvalue weighted by atomic mass is 16.5. The number of rotatable bonds is 6. The van der Waals surface area contributed by atoms with Gasteiger partial charge in [0.1, 0.15) is 5.69 Å². The number of hydrogen-bond acceptors (Lipinski definition) is 4. The van der Waals surface area contributed by atoms with Gasteiger partial charge < -0.3 is 15.0 Å². The summed E-state index contributed by atoms with van der Waals surface area (Å²) in [4.78, 5) is 41.3. The van der Waals surface area contributed by atoms with Crippen LogP contribution in [-0.2, 0) is 9.53 Å². The van der Waals surface area contributed by atoms with Crippen molar-refractivity contribution in [3.63, 3.8) is 0 Å². The lowest BCUT2D eigenvalue weighted by Gasteiger charge is -2.22. The van der Waals surface area contributed by atoms with E-state index in [4.69, 9.17) is 4.74 Å². The maximum atomic E-state index is 13.0. The second kappa shape index (κ2) is 9.07. The Balaban J connectivity index is 1.99. The van der Waals surface area contributed by atoms with E-state index < -0.39 is 17.7 Å². The summed E-state index contributed by atoms with van der Waals surface area (Å²) in [7, 11) is 0. The molecule has 2 N–H and O–H groups in total. The first-order valence-electron chi connectivity index (χ1n) is 10.2. The summed E-state index contributed by atoms with van der Waals surface area (Å²) in [6, 6.07) is 7.53. The third-order valence-electron chi connectivity index (χ3n) is 5.38. The van der Waals surface area contributed by atoms with Gasteiger partial charge in [-0.1, -0.05) is 49.1 Å². The molecule has 1 fully saturated rings. The maximum absolute atomic E-state index is 13.0. The monoisotopic (exact) mass is 396 g/mol. The fourth-order valence-corrected chi connectivity index (χ4v) is 3.87. The summed E-state index contributed by atoms with van der Waals surface area (Å²) < 4.78 is 5.20. The van der Waals surface area contributed by atoms with Gasteiger partial charge in [-0.15, -0.1) is 0 Å². The maximum Gasteiger partial charge on any atom is 0.340 e. The predicted octanol–water partition coefficient (Wildman–Crippen LogP) is 4.11. The number of ether oxygens (including phenoxy) is 1. The van der Waals surface area contributed by atoms with Crippen LogP contribution in [0.15, 0.2) is 24.3 Å². The molecular formula is C23H28N2O4. The molecule has 0 unspecified atom stereocenters. The van der Waals surface area contributed by atoms with E-state index in [1.807, 2.05) is 31.2 Å². The van der Waals surface area contributed by atoms with Gasteiger partial charge in [0, 0.05) is 17.3 Å². The number of nitrogens with one attached hydrogen (secondary N) is 2. The van der Waals surface area contributed by atoms with Crippen LogP contribution in [0.4, 0.5) is 0 Å². The minimum absolute atomic E-state index is 0.0311. The third-order valence-corrected chi connectivity index (χ3v) is 5.38. The molecule has 0 spiro atoms. The van der Waals surface area contributed by atoms with Crippen LogP contribution in [0, 0.1) is 13.8 Å². The highest BCUT2D eigenvalue weighted by Gasteiger charge is 2.30. The van der Waals surface area contributed by atoms with Crippen LogP contribution in [0.2, 0.25) is 0 Å². The van der Waals surface area contributed by atoms with Crippen LogP contribution >= 0.6 is 0 Å². The van der Waals surface area contributed by atoms with Crippen LogP contribution in [-0.4, -0.2) is 35.3 Å². The quantitative estimate of drug-likeness (QED) is 0.437. The molecular weight excluding hydrogens is 368 g/mol. The number of aromatic nitrogens is 1.